The first-order chi connectivity index (χ1) is 7.19. The summed E-state index contributed by atoms with van der Waals surface area (Å²) in [6.45, 7) is 2.06. The number of carbonyl (C=O) groups excluding carboxylic acids is 1. The Morgan fingerprint density at radius 3 is 2.80 bits per heavy atom. The summed E-state index contributed by atoms with van der Waals surface area (Å²) in [7, 11) is 1.49. The lowest BCUT2D eigenvalue weighted by Crippen LogP contribution is -2.08. The average molecular weight is 210 g/mol. The van der Waals surface area contributed by atoms with Gasteiger partial charge in [0.1, 0.15) is 11.5 Å². The molecular formula is C11H14O4. The number of benzene rings is 1. The lowest BCUT2D eigenvalue weighted by molar-refractivity contribution is -0.142. The smallest absolute Gasteiger partial charge is 0.310 e. The van der Waals surface area contributed by atoms with Gasteiger partial charge in [-0.2, -0.15) is 0 Å². The molecule has 1 aromatic rings. The predicted molar refractivity (Wildman–Crippen MR) is 55.0 cm³/mol. The van der Waals surface area contributed by atoms with Gasteiger partial charge in [0.2, 0.25) is 0 Å². The summed E-state index contributed by atoms with van der Waals surface area (Å²) in [5.74, 6) is 0.155. The number of methoxy groups -OCH3 is 1. The second-order valence-corrected chi connectivity index (χ2v) is 2.94. The van der Waals surface area contributed by atoms with Crippen LogP contribution in [0.5, 0.6) is 11.5 Å². The zero-order valence-corrected chi connectivity index (χ0v) is 8.82. The number of esters is 1. The van der Waals surface area contributed by atoms with Crippen LogP contribution >= 0.6 is 0 Å². The van der Waals surface area contributed by atoms with Gasteiger partial charge in [0.05, 0.1) is 20.1 Å². The Bertz CT molecular complexity index is 346. The zero-order chi connectivity index (χ0) is 11.3. The Morgan fingerprint density at radius 1 is 1.47 bits per heavy atom. The molecule has 1 rings (SSSR count). The third kappa shape index (κ3) is 2.87. The fourth-order valence-corrected chi connectivity index (χ4v) is 1.28. The van der Waals surface area contributed by atoms with Crippen LogP contribution in [0, 0.1) is 0 Å². The molecule has 0 aliphatic carbocycles. The molecule has 0 aliphatic rings. The Balaban J connectivity index is 2.87. The first-order valence-electron chi connectivity index (χ1n) is 4.69. The third-order valence-electron chi connectivity index (χ3n) is 1.95. The number of hydrogen-bond acceptors (Lipinski definition) is 4. The number of phenols is 1. The number of rotatable bonds is 4. The van der Waals surface area contributed by atoms with Crippen molar-refractivity contribution in [1.82, 2.24) is 0 Å². The fraction of sp³-hybridized carbons (Fsp3) is 0.364. The van der Waals surface area contributed by atoms with E-state index in [1.807, 2.05) is 0 Å². The predicted octanol–water partition coefficient (Wildman–Crippen LogP) is 1.51. The van der Waals surface area contributed by atoms with E-state index < -0.39 is 0 Å². The second kappa shape index (κ2) is 5.24. The van der Waals surface area contributed by atoms with Crippen LogP contribution in [0.4, 0.5) is 0 Å². The van der Waals surface area contributed by atoms with Crippen LogP contribution in [0.1, 0.15) is 12.5 Å². The van der Waals surface area contributed by atoms with Crippen LogP contribution in [0.2, 0.25) is 0 Å². The van der Waals surface area contributed by atoms with Gasteiger partial charge in [-0.1, -0.05) is 6.07 Å². The van der Waals surface area contributed by atoms with Gasteiger partial charge in [0, 0.05) is 5.56 Å². The van der Waals surface area contributed by atoms with Gasteiger partial charge in [-0.15, -0.1) is 0 Å². The van der Waals surface area contributed by atoms with E-state index in [0.717, 1.165) is 0 Å². The summed E-state index contributed by atoms with van der Waals surface area (Å²) in [5.41, 5.74) is 0.457. The molecular weight excluding hydrogens is 196 g/mol. The highest BCUT2D eigenvalue weighted by molar-refractivity contribution is 5.74. The summed E-state index contributed by atoms with van der Waals surface area (Å²) in [5, 5.41) is 9.55. The van der Waals surface area contributed by atoms with E-state index in [0.29, 0.717) is 17.9 Å². The topological polar surface area (TPSA) is 55.8 Å². The van der Waals surface area contributed by atoms with Crippen LogP contribution in [0.3, 0.4) is 0 Å². The van der Waals surface area contributed by atoms with Crippen molar-refractivity contribution >= 4 is 5.97 Å². The van der Waals surface area contributed by atoms with Gasteiger partial charge in [-0.3, -0.25) is 4.79 Å². The summed E-state index contributed by atoms with van der Waals surface area (Å²) in [6.07, 6.45) is 0.0175. The number of aromatic hydroxyl groups is 1. The van der Waals surface area contributed by atoms with Crippen molar-refractivity contribution in [3.8, 4) is 11.5 Å². The number of phenolic OH excluding ortho intramolecular Hbond substituents is 1. The summed E-state index contributed by atoms with van der Waals surface area (Å²) >= 11 is 0. The summed E-state index contributed by atoms with van der Waals surface area (Å²) < 4.78 is 9.83. The molecule has 82 valence electrons. The molecule has 0 heterocycles. The van der Waals surface area contributed by atoms with Crippen molar-refractivity contribution < 1.29 is 19.4 Å². The first kappa shape index (κ1) is 11.4. The largest absolute Gasteiger partial charge is 0.508 e. The normalized spacial score (nSPS) is 9.73. The SMILES string of the molecule is CCOC(=O)Cc1c(O)cccc1OC. The summed E-state index contributed by atoms with van der Waals surface area (Å²) in [4.78, 5) is 11.2. The van der Waals surface area contributed by atoms with E-state index in [1.54, 1.807) is 19.1 Å². The van der Waals surface area contributed by atoms with Crippen LogP contribution < -0.4 is 4.74 Å². The van der Waals surface area contributed by atoms with E-state index in [4.69, 9.17) is 9.47 Å². The molecule has 0 spiro atoms. The van der Waals surface area contributed by atoms with Crippen molar-refractivity contribution in [2.75, 3.05) is 13.7 Å². The average Bonchev–Trinajstić information content (AvgIpc) is 2.21. The number of hydrogen-bond donors (Lipinski definition) is 1. The molecule has 0 unspecified atom stereocenters. The van der Waals surface area contributed by atoms with E-state index in [2.05, 4.69) is 0 Å². The molecule has 0 saturated heterocycles. The van der Waals surface area contributed by atoms with Gasteiger partial charge in [-0.05, 0) is 19.1 Å². The van der Waals surface area contributed by atoms with Crippen molar-refractivity contribution in [2.45, 2.75) is 13.3 Å². The first-order valence-corrected chi connectivity index (χ1v) is 4.69. The van der Waals surface area contributed by atoms with Gasteiger partial charge in [0.15, 0.2) is 0 Å². The minimum absolute atomic E-state index is 0.0175. The molecule has 0 amide bonds. The Kier molecular flexibility index (Phi) is 3.97. The Hall–Kier alpha value is -1.71. The summed E-state index contributed by atoms with van der Waals surface area (Å²) in [6, 6.07) is 4.86. The molecule has 0 fully saturated rings. The molecule has 0 aromatic heterocycles. The lowest BCUT2D eigenvalue weighted by atomic mass is 10.1. The molecule has 15 heavy (non-hydrogen) atoms. The van der Waals surface area contributed by atoms with Gasteiger partial charge >= 0.3 is 5.97 Å². The third-order valence-corrected chi connectivity index (χ3v) is 1.95. The van der Waals surface area contributed by atoms with Crippen molar-refractivity contribution in [3.05, 3.63) is 23.8 Å². The van der Waals surface area contributed by atoms with Crippen molar-refractivity contribution in [1.29, 1.82) is 0 Å². The van der Waals surface area contributed by atoms with Crippen LogP contribution in [0.25, 0.3) is 0 Å². The van der Waals surface area contributed by atoms with E-state index in [-0.39, 0.29) is 18.1 Å². The van der Waals surface area contributed by atoms with Crippen LogP contribution in [-0.4, -0.2) is 24.8 Å². The molecule has 4 nitrogen and oxygen atoms in total. The van der Waals surface area contributed by atoms with Crippen LogP contribution in [-0.2, 0) is 16.0 Å². The Morgan fingerprint density at radius 2 is 2.20 bits per heavy atom. The van der Waals surface area contributed by atoms with E-state index in [9.17, 15) is 9.90 Å². The number of ether oxygens (including phenoxy) is 2. The fourth-order valence-electron chi connectivity index (χ4n) is 1.28. The highest BCUT2D eigenvalue weighted by Crippen LogP contribution is 2.27. The molecule has 0 saturated carbocycles. The van der Waals surface area contributed by atoms with E-state index in [1.165, 1.54) is 13.2 Å². The zero-order valence-electron chi connectivity index (χ0n) is 8.82. The molecule has 1 aromatic carbocycles. The Labute approximate surface area is 88.4 Å². The van der Waals surface area contributed by atoms with Crippen molar-refractivity contribution in [3.63, 3.8) is 0 Å². The van der Waals surface area contributed by atoms with Gasteiger partial charge in [-0.25, -0.2) is 0 Å². The lowest BCUT2D eigenvalue weighted by Gasteiger charge is -2.09. The molecule has 0 aliphatic heterocycles. The molecule has 1 N–H and O–H groups in total. The molecule has 0 bridgehead atoms. The van der Waals surface area contributed by atoms with Gasteiger partial charge < -0.3 is 14.6 Å². The second-order valence-electron chi connectivity index (χ2n) is 2.94. The minimum atomic E-state index is -0.377. The maximum atomic E-state index is 11.2. The molecule has 0 radical (unpaired) electrons. The van der Waals surface area contributed by atoms with Crippen LogP contribution in [0.15, 0.2) is 18.2 Å². The maximum Gasteiger partial charge on any atom is 0.310 e. The number of carbonyl (C=O) groups is 1. The van der Waals surface area contributed by atoms with Crippen molar-refractivity contribution in [2.24, 2.45) is 0 Å². The standard InChI is InChI=1S/C11H14O4/c1-3-15-11(13)7-8-9(12)5-4-6-10(8)14-2/h4-6,12H,3,7H2,1-2H3. The van der Waals surface area contributed by atoms with E-state index >= 15 is 0 Å². The highest BCUT2D eigenvalue weighted by atomic mass is 16.5. The quantitative estimate of drug-likeness (QED) is 0.765. The molecule has 0 atom stereocenters. The monoisotopic (exact) mass is 210 g/mol. The minimum Gasteiger partial charge on any atom is -0.508 e. The molecule has 4 heteroatoms. The van der Waals surface area contributed by atoms with Gasteiger partial charge in [0.25, 0.3) is 0 Å². The highest BCUT2D eigenvalue weighted by Gasteiger charge is 2.13. The maximum absolute atomic E-state index is 11.2.